The Kier molecular flexibility index (Phi) is 4.13. The first-order chi connectivity index (χ1) is 8.69. The highest BCUT2D eigenvalue weighted by Gasteiger charge is 2.28. The van der Waals surface area contributed by atoms with Crippen LogP contribution in [-0.2, 0) is 16.0 Å². The number of Topliss-reactive ketones (excluding diaryl/α,β-unsaturated/α-hetero) is 1. The Morgan fingerprint density at radius 2 is 1.89 bits per heavy atom. The summed E-state index contributed by atoms with van der Waals surface area (Å²) in [5, 5.41) is 0. The minimum absolute atomic E-state index is 0.209. The Bertz CT molecular complexity index is 430. The Morgan fingerprint density at radius 3 is 2.44 bits per heavy atom. The van der Waals surface area contributed by atoms with Crippen LogP contribution < -0.4 is 4.74 Å². The zero-order valence-corrected chi connectivity index (χ0v) is 10.6. The van der Waals surface area contributed by atoms with E-state index >= 15 is 0 Å². The summed E-state index contributed by atoms with van der Waals surface area (Å²) in [6, 6.07) is 7.22. The maximum absolute atomic E-state index is 11.6. The maximum atomic E-state index is 11.6. The SMILES string of the molecule is CCCC(=O)Oc1ccc(CC(=O)C2CC2)cc1. The molecule has 0 aliphatic heterocycles. The molecule has 3 nitrogen and oxygen atoms in total. The quantitative estimate of drug-likeness (QED) is 0.572. The Hall–Kier alpha value is -1.64. The summed E-state index contributed by atoms with van der Waals surface area (Å²) in [5.74, 6) is 0.966. The predicted octanol–water partition coefficient (Wildman–Crippen LogP) is 2.91. The fourth-order valence-electron chi connectivity index (χ4n) is 1.81. The minimum atomic E-state index is -0.209. The molecule has 0 spiro atoms. The first kappa shape index (κ1) is 12.8. The van der Waals surface area contributed by atoms with Crippen molar-refractivity contribution in [1.29, 1.82) is 0 Å². The molecule has 0 aromatic heterocycles. The van der Waals surface area contributed by atoms with Gasteiger partial charge in [0, 0.05) is 18.8 Å². The molecule has 0 N–H and O–H groups in total. The van der Waals surface area contributed by atoms with Crippen molar-refractivity contribution in [2.75, 3.05) is 0 Å². The van der Waals surface area contributed by atoms with E-state index in [-0.39, 0.29) is 5.97 Å². The molecule has 3 heteroatoms. The van der Waals surface area contributed by atoms with Gasteiger partial charge >= 0.3 is 5.97 Å². The number of carbonyl (C=O) groups excluding carboxylic acids is 2. The van der Waals surface area contributed by atoms with Crippen molar-refractivity contribution in [3.63, 3.8) is 0 Å². The molecule has 0 amide bonds. The van der Waals surface area contributed by atoms with Crippen molar-refractivity contribution < 1.29 is 14.3 Å². The van der Waals surface area contributed by atoms with E-state index in [1.807, 2.05) is 19.1 Å². The van der Waals surface area contributed by atoms with Gasteiger partial charge in [-0.25, -0.2) is 0 Å². The second-order valence-electron chi connectivity index (χ2n) is 4.79. The summed E-state index contributed by atoms with van der Waals surface area (Å²) in [6.45, 7) is 1.94. The topological polar surface area (TPSA) is 43.4 Å². The normalized spacial score (nSPS) is 14.3. The lowest BCUT2D eigenvalue weighted by Gasteiger charge is -2.04. The zero-order chi connectivity index (χ0) is 13.0. The fraction of sp³-hybridized carbons (Fsp3) is 0.467. The smallest absolute Gasteiger partial charge is 0.311 e. The molecule has 1 aromatic rings. The standard InChI is InChI=1S/C15H18O3/c1-2-3-15(17)18-13-8-4-11(5-9-13)10-14(16)12-6-7-12/h4-5,8-9,12H,2-3,6-7,10H2,1H3. The lowest BCUT2D eigenvalue weighted by atomic mass is 10.1. The lowest BCUT2D eigenvalue weighted by Crippen LogP contribution is -2.07. The third-order valence-electron chi connectivity index (χ3n) is 3.02. The van der Waals surface area contributed by atoms with Gasteiger partial charge in [-0.05, 0) is 37.0 Å². The summed E-state index contributed by atoms with van der Waals surface area (Å²) in [4.78, 5) is 22.9. The first-order valence-corrected chi connectivity index (χ1v) is 6.51. The van der Waals surface area contributed by atoms with Crippen LogP contribution in [0.1, 0.15) is 38.2 Å². The molecule has 1 fully saturated rings. The van der Waals surface area contributed by atoms with Crippen LogP contribution in [0.5, 0.6) is 5.75 Å². The molecule has 0 bridgehead atoms. The number of hydrogen-bond acceptors (Lipinski definition) is 3. The average molecular weight is 246 g/mol. The number of esters is 1. The van der Waals surface area contributed by atoms with E-state index < -0.39 is 0 Å². The molecule has 0 unspecified atom stereocenters. The van der Waals surface area contributed by atoms with Gasteiger partial charge < -0.3 is 4.74 Å². The summed E-state index contributed by atoms with van der Waals surface area (Å²) in [5.41, 5.74) is 0.988. The highest BCUT2D eigenvalue weighted by molar-refractivity contribution is 5.85. The van der Waals surface area contributed by atoms with Crippen molar-refractivity contribution in [3.05, 3.63) is 29.8 Å². The molecule has 96 valence electrons. The third-order valence-corrected chi connectivity index (χ3v) is 3.02. The van der Waals surface area contributed by atoms with Crippen molar-refractivity contribution in [1.82, 2.24) is 0 Å². The molecule has 1 saturated carbocycles. The first-order valence-electron chi connectivity index (χ1n) is 6.51. The number of ether oxygens (including phenoxy) is 1. The Morgan fingerprint density at radius 1 is 1.22 bits per heavy atom. The van der Waals surface area contributed by atoms with Crippen LogP contribution in [0.25, 0.3) is 0 Å². The van der Waals surface area contributed by atoms with Crippen LogP contribution in [0.3, 0.4) is 0 Å². The molecule has 18 heavy (non-hydrogen) atoms. The van der Waals surface area contributed by atoms with E-state index in [9.17, 15) is 9.59 Å². The largest absolute Gasteiger partial charge is 0.427 e. The highest BCUT2D eigenvalue weighted by Crippen LogP contribution is 2.31. The molecule has 2 rings (SSSR count). The predicted molar refractivity (Wildman–Crippen MR) is 68.4 cm³/mol. The second-order valence-corrected chi connectivity index (χ2v) is 4.79. The van der Waals surface area contributed by atoms with Crippen molar-refractivity contribution in [2.45, 2.75) is 39.0 Å². The molecule has 1 aliphatic carbocycles. The average Bonchev–Trinajstić information content (AvgIpc) is 3.16. The van der Waals surface area contributed by atoms with Gasteiger partial charge in [-0.3, -0.25) is 9.59 Å². The van der Waals surface area contributed by atoms with Crippen LogP contribution in [0.15, 0.2) is 24.3 Å². The number of benzene rings is 1. The van der Waals surface area contributed by atoms with Crippen LogP contribution >= 0.6 is 0 Å². The van der Waals surface area contributed by atoms with Gasteiger partial charge in [0.2, 0.25) is 0 Å². The highest BCUT2D eigenvalue weighted by atomic mass is 16.5. The van der Waals surface area contributed by atoms with E-state index in [0.29, 0.717) is 30.3 Å². The molecule has 1 aromatic carbocycles. The second kappa shape index (κ2) is 5.80. The molecule has 0 atom stereocenters. The number of hydrogen-bond donors (Lipinski definition) is 0. The number of ketones is 1. The summed E-state index contributed by atoms with van der Waals surface area (Å²) < 4.78 is 5.15. The van der Waals surface area contributed by atoms with Gasteiger partial charge in [0.05, 0.1) is 0 Å². The molecular weight excluding hydrogens is 228 g/mol. The van der Waals surface area contributed by atoms with Crippen LogP contribution in [0.2, 0.25) is 0 Å². The summed E-state index contributed by atoms with van der Waals surface area (Å²) >= 11 is 0. The van der Waals surface area contributed by atoms with E-state index in [1.165, 1.54) is 0 Å². The van der Waals surface area contributed by atoms with Gasteiger partial charge in [0.15, 0.2) is 0 Å². The Labute approximate surface area is 107 Å². The van der Waals surface area contributed by atoms with Gasteiger partial charge in [0.1, 0.15) is 11.5 Å². The molecule has 0 radical (unpaired) electrons. The summed E-state index contributed by atoms with van der Waals surface area (Å²) in [7, 11) is 0. The monoisotopic (exact) mass is 246 g/mol. The van der Waals surface area contributed by atoms with Crippen LogP contribution in [-0.4, -0.2) is 11.8 Å². The fourth-order valence-corrected chi connectivity index (χ4v) is 1.81. The maximum Gasteiger partial charge on any atom is 0.311 e. The number of rotatable bonds is 6. The van der Waals surface area contributed by atoms with Gasteiger partial charge in [-0.2, -0.15) is 0 Å². The third kappa shape index (κ3) is 3.69. The van der Waals surface area contributed by atoms with E-state index in [2.05, 4.69) is 0 Å². The van der Waals surface area contributed by atoms with Gasteiger partial charge in [-0.15, -0.1) is 0 Å². The van der Waals surface area contributed by atoms with Crippen molar-refractivity contribution >= 4 is 11.8 Å². The van der Waals surface area contributed by atoms with Crippen LogP contribution in [0.4, 0.5) is 0 Å². The van der Waals surface area contributed by atoms with Gasteiger partial charge in [-0.1, -0.05) is 19.1 Å². The van der Waals surface area contributed by atoms with E-state index in [0.717, 1.165) is 24.8 Å². The van der Waals surface area contributed by atoms with Crippen molar-refractivity contribution in [3.8, 4) is 5.75 Å². The van der Waals surface area contributed by atoms with E-state index in [1.54, 1.807) is 12.1 Å². The lowest BCUT2D eigenvalue weighted by molar-refractivity contribution is -0.134. The molecule has 0 heterocycles. The number of carbonyl (C=O) groups is 2. The zero-order valence-electron chi connectivity index (χ0n) is 10.6. The molecule has 0 saturated heterocycles. The Balaban J connectivity index is 1.88. The van der Waals surface area contributed by atoms with Gasteiger partial charge in [0.25, 0.3) is 0 Å². The summed E-state index contributed by atoms with van der Waals surface area (Å²) in [6.07, 6.45) is 3.81. The van der Waals surface area contributed by atoms with E-state index in [4.69, 9.17) is 4.74 Å². The van der Waals surface area contributed by atoms with Crippen molar-refractivity contribution in [2.24, 2.45) is 5.92 Å². The van der Waals surface area contributed by atoms with Crippen LogP contribution in [0, 0.1) is 5.92 Å². The molecule has 1 aliphatic rings. The minimum Gasteiger partial charge on any atom is -0.427 e. The molecular formula is C15H18O3.